The minimum absolute atomic E-state index is 0.121. The molecule has 1 aromatic carbocycles. The molecule has 2 aliphatic heterocycles. The van der Waals surface area contributed by atoms with Gasteiger partial charge in [0, 0.05) is 24.7 Å². The Morgan fingerprint density at radius 3 is 3.00 bits per heavy atom. The van der Waals surface area contributed by atoms with Crippen molar-refractivity contribution in [3.05, 3.63) is 29.8 Å². The summed E-state index contributed by atoms with van der Waals surface area (Å²) in [6.45, 7) is 7.53. The van der Waals surface area contributed by atoms with Crippen molar-refractivity contribution in [1.82, 2.24) is 10.2 Å². The van der Waals surface area contributed by atoms with Crippen molar-refractivity contribution >= 4 is 5.91 Å². The Labute approximate surface area is 126 Å². The van der Waals surface area contributed by atoms with Crippen molar-refractivity contribution in [2.45, 2.75) is 32.2 Å². The zero-order valence-corrected chi connectivity index (χ0v) is 12.8. The number of amides is 1. The first-order valence-electron chi connectivity index (χ1n) is 7.94. The van der Waals surface area contributed by atoms with Gasteiger partial charge >= 0.3 is 0 Å². The molecule has 2 heterocycles. The van der Waals surface area contributed by atoms with E-state index in [1.807, 2.05) is 29.2 Å². The quantitative estimate of drug-likeness (QED) is 0.925. The molecule has 1 N–H and O–H groups in total. The predicted octanol–water partition coefficient (Wildman–Crippen LogP) is 2.01. The van der Waals surface area contributed by atoms with Gasteiger partial charge in [0.2, 0.25) is 5.91 Å². The van der Waals surface area contributed by atoms with Crippen LogP contribution in [0.4, 0.5) is 0 Å². The monoisotopic (exact) mass is 288 g/mol. The number of ether oxygens (including phenoxy) is 1. The molecule has 114 valence electrons. The molecule has 0 aromatic heterocycles. The van der Waals surface area contributed by atoms with Crippen LogP contribution in [0.2, 0.25) is 0 Å². The molecule has 3 rings (SSSR count). The van der Waals surface area contributed by atoms with Crippen LogP contribution in [-0.4, -0.2) is 43.1 Å². The van der Waals surface area contributed by atoms with E-state index in [-0.39, 0.29) is 11.8 Å². The first kappa shape index (κ1) is 14.4. The van der Waals surface area contributed by atoms with Crippen molar-refractivity contribution < 1.29 is 9.53 Å². The van der Waals surface area contributed by atoms with E-state index in [0.717, 1.165) is 37.4 Å². The number of nitrogens with one attached hydrogen (secondary N) is 1. The highest BCUT2D eigenvalue weighted by Crippen LogP contribution is 2.35. The van der Waals surface area contributed by atoms with E-state index < -0.39 is 0 Å². The summed E-state index contributed by atoms with van der Waals surface area (Å²) < 4.78 is 5.65. The Hall–Kier alpha value is -1.55. The lowest BCUT2D eigenvalue weighted by molar-refractivity contribution is -0.135. The number of rotatable bonds is 3. The molecular formula is C17H24N2O2. The van der Waals surface area contributed by atoms with Crippen molar-refractivity contribution in [3.63, 3.8) is 0 Å². The van der Waals surface area contributed by atoms with E-state index in [1.165, 1.54) is 0 Å². The van der Waals surface area contributed by atoms with Gasteiger partial charge < -0.3 is 15.0 Å². The smallest absolute Gasteiger partial charge is 0.233 e. The summed E-state index contributed by atoms with van der Waals surface area (Å²) in [6.07, 6.45) is 1.04. The van der Waals surface area contributed by atoms with Crippen LogP contribution in [0.1, 0.15) is 31.7 Å². The summed E-state index contributed by atoms with van der Waals surface area (Å²) >= 11 is 0. The topological polar surface area (TPSA) is 41.6 Å². The normalized spacial score (nSPS) is 28.1. The molecule has 4 nitrogen and oxygen atoms in total. The average Bonchev–Trinajstić information content (AvgIpc) is 2.93. The Bertz CT molecular complexity index is 517. The summed E-state index contributed by atoms with van der Waals surface area (Å²) in [5, 5.41) is 3.52. The molecule has 0 radical (unpaired) electrons. The van der Waals surface area contributed by atoms with Gasteiger partial charge in [-0.15, -0.1) is 0 Å². The second kappa shape index (κ2) is 6.06. The Balaban J connectivity index is 1.67. The number of carbonyl (C=O) groups is 1. The number of benzene rings is 1. The number of carbonyl (C=O) groups excluding carboxylic acids is 1. The van der Waals surface area contributed by atoms with Crippen LogP contribution in [0, 0.1) is 5.92 Å². The van der Waals surface area contributed by atoms with E-state index in [0.29, 0.717) is 18.6 Å². The molecule has 0 saturated carbocycles. The van der Waals surface area contributed by atoms with Gasteiger partial charge in [-0.25, -0.2) is 0 Å². The van der Waals surface area contributed by atoms with Gasteiger partial charge in [-0.05, 0) is 24.9 Å². The fourth-order valence-electron chi connectivity index (χ4n) is 3.50. The summed E-state index contributed by atoms with van der Waals surface area (Å²) in [7, 11) is 0. The van der Waals surface area contributed by atoms with Gasteiger partial charge in [-0.2, -0.15) is 0 Å². The number of likely N-dealkylation sites (tertiary alicyclic amines) is 1. The van der Waals surface area contributed by atoms with Crippen LogP contribution in [0.5, 0.6) is 5.75 Å². The molecule has 1 fully saturated rings. The maximum absolute atomic E-state index is 12.8. The zero-order valence-electron chi connectivity index (χ0n) is 12.8. The van der Waals surface area contributed by atoms with Crippen LogP contribution >= 0.6 is 0 Å². The van der Waals surface area contributed by atoms with E-state index >= 15 is 0 Å². The van der Waals surface area contributed by atoms with Gasteiger partial charge in [-0.1, -0.05) is 32.0 Å². The van der Waals surface area contributed by atoms with Gasteiger partial charge in [0.15, 0.2) is 0 Å². The van der Waals surface area contributed by atoms with Crippen molar-refractivity contribution in [1.29, 1.82) is 0 Å². The van der Waals surface area contributed by atoms with Gasteiger partial charge in [0.05, 0.1) is 0 Å². The molecule has 3 unspecified atom stereocenters. The fraction of sp³-hybridized carbons (Fsp3) is 0.588. The maximum atomic E-state index is 12.8. The van der Waals surface area contributed by atoms with E-state index in [1.54, 1.807) is 0 Å². The summed E-state index contributed by atoms with van der Waals surface area (Å²) in [5.74, 6) is 1.47. The number of para-hydroxylation sites is 1. The van der Waals surface area contributed by atoms with E-state index in [9.17, 15) is 4.79 Å². The van der Waals surface area contributed by atoms with Crippen molar-refractivity contribution in [2.75, 3.05) is 26.2 Å². The maximum Gasteiger partial charge on any atom is 0.233 e. The number of hydrogen-bond acceptors (Lipinski definition) is 3. The highest BCUT2D eigenvalue weighted by Gasteiger charge is 2.36. The molecular weight excluding hydrogens is 264 g/mol. The first-order chi connectivity index (χ1) is 10.2. The molecule has 4 heteroatoms. The molecule has 1 aromatic rings. The van der Waals surface area contributed by atoms with Crippen LogP contribution in [-0.2, 0) is 4.79 Å². The minimum atomic E-state index is -0.121. The van der Waals surface area contributed by atoms with Crippen molar-refractivity contribution in [3.8, 4) is 5.75 Å². The first-order valence-corrected chi connectivity index (χ1v) is 7.94. The highest BCUT2D eigenvalue weighted by molar-refractivity contribution is 5.85. The van der Waals surface area contributed by atoms with Crippen LogP contribution < -0.4 is 10.1 Å². The second-order valence-electron chi connectivity index (χ2n) is 6.12. The molecule has 0 bridgehead atoms. The van der Waals surface area contributed by atoms with Crippen LogP contribution in [0.25, 0.3) is 0 Å². The van der Waals surface area contributed by atoms with Crippen LogP contribution in [0.3, 0.4) is 0 Å². The third kappa shape index (κ3) is 2.77. The lowest BCUT2D eigenvalue weighted by Crippen LogP contribution is -2.51. The molecule has 2 aliphatic rings. The van der Waals surface area contributed by atoms with E-state index in [4.69, 9.17) is 4.74 Å². The Morgan fingerprint density at radius 2 is 2.24 bits per heavy atom. The van der Waals surface area contributed by atoms with Crippen molar-refractivity contribution in [2.24, 2.45) is 5.92 Å². The lowest BCUT2D eigenvalue weighted by Gasteiger charge is -2.38. The number of nitrogens with zero attached hydrogens (tertiary/aromatic N) is 1. The molecule has 0 spiro atoms. The fourth-order valence-corrected chi connectivity index (χ4v) is 3.50. The van der Waals surface area contributed by atoms with Gasteiger partial charge in [-0.3, -0.25) is 4.79 Å². The minimum Gasteiger partial charge on any atom is -0.492 e. The predicted molar refractivity (Wildman–Crippen MR) is 82.5 cm³/mol. The number of hydrogen-bond donors (Lipinski definition) is 1. The highest BCUT2D eigenvalue weighted by atomic mass is 16.5. The largest absolute Gasteiger partial charge is 0.492 e. The average molecular weight is 288 g/mol. The summed E-state index contributed by atoms with van der Waals surface area (Å²) in [6, 6.07) is 8.43. The second-order valence-corrected chi connectivity index (χ2v) is 6.12. The third-order valence-electron chi connectivity index (χ3n) is 4.68. The van der Waals surface area contributed by atoms with Crippen LogP contribution in [0.15, 0.2) is 24.3 Å². The summed E-state index contributed by atoms with van der Waals surface area (Å²) in [4.78, 5) is 14.8. The SMILES string of the molecule is CCNC1CCN(C(=O)C2COc3ccccc32)CC1C. The Kier molecular flexibility index (Phi) is 4.15. The molecule has 21 heavy (non-hydrogen) atoms. The lowest BCUT2D eigenvalue weighted by atomic mass is 9.92. The Morgan fingerprint density at radius 1 is 1.43 bits per heavy atom. The van der Waals surface area contributed by atoms with Gasteiger partial charge in [0.1, 0.15) is 18.3 Å². The van der Waals surface area contributed by atoms with E-state index in [2.05, 4.69) is 19.2 Å². The number of piperidine rings is 1. The molecule has 1 amide bonds. The molecule has 3 atom stereocenters. The third-order valence-corrected chi connectivity index (χ3v) is 4.68. The standard InChI is InChI=1S/C17H24N2O2/c1-3-18-15-8-9-19(10-12(15)2)17(20)14-11-21-16-7-5-4-6-13(14)16/h4-7,12,14-15,18H,3,8-11H2,1-2H3. The molecule has 1 saturated heterocycles. The number of fused-ring (bicyclic) bond motifs is 1. The van der Waals surface area contributed by atoms with Gasteiger partial charge in [0.25, 0.3) is 0 Å². The molecule has 0 aliphatic carbocycles. The zero-order chi connectivity index (χ0) is 14.8. The summed E-state index contributed by atoms with van der Waals surface area (Å²) in [5.41, 5.74) is 1.05.